The molecule has 1 saturated heterocycles. The van der Waals surface area contributed by atoms with Gasteiger partial charge in [0.2, 0.25) is 11.9 Å². The van der Waals surface area contributed by atoms with E-state index in [1.165, 1.54) is 0 Å². The fourth-order valence-electron chi connectivity index (χ4n) is 3.26. The lowest BCUT2D eigenvalue weighted by molar-refractivity contribution is 0.188. The zero-order chi connectivity index (χ0) is 20.8. The molecule has 9 nitrogen and oxygen atoms in total. The number of ether oxygens (including phenoxy) is 1. The van der Waals surface area contributed by atoms with E-state index in [0.29, 0.717) is 24.3 Å². The topological polar surface area (TPSA) is 99.5 Å². The molecule has 0 spiro atoms. The standard InChI is InChI=1S/C21H25N7O2/c1-16-23-20(26-21(24-16)28-12-10-27(11-13-28)14-15-29)25-17-2-4-18(5-3-17)30-19-6-8-22-9-7-19/h2-9,29H,10-15H2,1H3,(H,23,24,25,26). The summed E-state index contributed by atoms with van der Waals surface area (Å²) in [6.45, 7) is 6.17. The molecule has 4 rings (SSSR count). The van der Waals surface area contributed by atoms with Gasteiger partial charge >= 0.3 is 0 Å². The van der Waals surface area contributed by atoms with Gasteiger partial charge in [-0.05, 0) is 43.3 Å². The summed E-state index contributed by atoms with van der Waals surface area (Å²) in [5.41, 5.74) is 0.862. The van der Waals surface area contributed by atoms with Crippen molar-refractivity contribution in [2.45, 2.75) is 6.92 Å². The number of aryl methyl sites for hydroxylation is 1. The third kappa shape index (κ3) is 5.19. The Morgan fingerprint density at radius 2 is 1.63 bits per heavy atom. The van der Waals surface area contributed by atoms with Gasteiger partial charge in [0, 0.05) is 50.8 Å². The van der Waals surface area contributed by atoms with Crippen LogP contribution in [0.4, 0.5) is 17.6 Å². The molecule has 0 amide bonds. The van der Waals surface area contributed by atoms with Crippen molar-refractivity contribution < 1.29 is 9.84 Å². The molecule has 3 heterocycles. The molecule has 0 unspecified atom stereocenters. The maximum absolute atomic E-state index is 9.10. The van der Waals surface area contributed by atoms with E-state index in [2.05, 4.69) is 35.1 Å². The van der Waals surface area contributed by atoms with Crippen LogP contribution in [0.25, 0.3) is 0 Å². The number of benzene rings is 1. The van der Waals surface area contributed by atoms with Crippen LogP contribution >= 0.6 is 0 Å². The Hall–Kier alpha value is -3.30. The predicted molar refractivity (Wildman–Crippen MR) is 114 cm³/mol. The number of nitrogens with zero attached hydrogens (tertiary/aromatic N) is 6. The van der Waals surface area contributed by atoms with Crippen molar-refractivity contribution >= 4 is 17.6 Å². The van der Waals surface area contributed by atoms with Gasteiger partial charge in [0.1, 0.15) is 17.3 Å². The zero-order valence-electron chi connectivity index (χ0n) is 16.9. The third-order valence-electron chi connectivity index (χ3n) is 4.80. The Labute approximate surface area is 175 Å². The van der Waals surface area contributed by atoms with Gasteiger partial charge < -0.3 is 20.1 Å². The molecule has 2 N–H and O–H groups in total. The second-order valence-corrected chi connectivity index (χ2v) is 6.99. The summed E-state index contributed by atoms with van der Waals surface area (Å²) in [5.74, 6) is 3.32. The van der Waals surface area contributed by atoms with Crippen LogP contribution < -0.4 is 15.0 Å². The number of aliphatic hydroxyl groups is 1. The summed E-state index contributed by atoms with van der Waals surface area (Å²) in [6.07, 6.45) is 3.39. The molecule has 156 valence electrons. The molecule has 1 aliphatic heterocycles. The average Bonchev–Trinajstić information content (AvgIpc) is 2.76. The SMILES string of the molecule is Cc1nc(Nc2ccc(Oc3ccncc3)cc2)nc(N2CCN(CCO)CC2)n1. The number of rotatable bonds is 7. The van der Waals surface area contributed by atoms with E-state index in [1.807, 2.05) is 43.3 Å². The maximum Gasteiger partial charge on any atom is 0.232 e. The number of hydrogen-bond donors (Lipinski definition) is 2. The highest BCUT2D eigenvalue weighted by Crippen LogP contribution is 2.24. The number of pyridine rings is 1. The lowest BCUT2D eigenvalue weighted by atomic mass is 10.3. The average molecular weight is 407 g/mol. The molecule has 1 aliphatic rings. The van der Waals surface area contributed by atoms with Crippen LogP contribution in [0.2, 0.25) is 0 Å². The summed E-state index contributed by atoms with van der Waals surface area (Å²) in [7, 11) is 0. The van der Waals surface area contributed by atoms with Gasteiger partial charge in [-0.3, -0.25) is 9.88 Å². The van der Waals surface area contributed by atoms with E-state index >= 15 is 0 Å². The van der Waals surface area contributed by atoms with E-state index in [-0.39, 0.29) is 6.61 Å². The number of aliphatic hydroxyl groups excluding tert-OH is 1. The number of aromatic nitrogens is 4. The number of piperazine rings is 1. The fourth-order valence-corrected chi connectivity index (χ4v) is 3.26. The highest BCUT2D eigenvalue weighted by molar-refractivity contribution is 5.55. The molecule has 30 heavy (non-hydrogen) atoms. The zero-order valence-corrected chi connectivity index (χ0v) is 16.9. The van der Waals surface area contributed by atoms with Crippen LogP contribution in [0.5, 0.6) is 11.5 Å². The maximum atomic E-state index is 9.10. The third-order valence-corrected chi connectivity index (χ3v) is 4.80. The molecule has 0 bridgehead atoms. The minimum Gasteiger partial charge on any atom is -0.457 e. The minimum absolute atomic E-state index is 0.186. The molecule has 0 saturated carbocycles. The highest BCUT2D eigenvalue weighted by atomic mass is 16.5. The van der Waals surface area contributed by atoms with Gasteiger partial charge in [-0.1, -0.05) is 0 Å². The summed E-state index contributed by atoms with van der Waals surface area (Å²) in [6, 6.07) is 11.2. The van der Waals surface area contributed by atoms with E-state index in [9.17, 15) is 0 Å². The quantitative estimate of drug-likeness (QED) is 0.611. The van der Waals surface area contributed by atoms with E-state index in [4.69, 9.17) is 9.84 Å². The summed E-state index contributed by atoms with van der Waals surface area (Å²) in [5, 5.41) is 12.3. The molecule has 9 heteroatoms. The van der Waals surface area contributed by atoms with Gasteiger partial charge in [0.15, 0.2) is 0 Å². The molecule has 1 fully saturated rings. The summed E-state index contributed by atoms with van der Waals surface area (Å²) >= 11 is 0. The Morgan fingerprint density at radius 3 is 2.33 bits per heavy atom. The molecule has 2 aromatic heterocycles. The number of hydrogen-bond acceptors (Lipinski definition) is 9. The Balaban J connectivity index is 1.41. The van der Waals surface area contributed by atoms with Crippen molar-refractivity contribution in [3.05, 3.63) is 54.6 Å². The molecular formula is C21H25N7O2. The normalized spacial score (nSPS) is 14.5. The second kappa shape index (κ2) is 9.47. The molecule has 0 aliphatic carbocycles. The van der Waals surface area contributed by atoms with E-state index in [1.54, 1.807) is 12.4 Å². The minimum atomic E-state index is 0.186. The molecular weight excluding hydrogens is 382 g/mol. The first kappa shape index (κ1) is 20.0. The van der Waals surface area contributed by atoms with Gasteiger partial charge in [-0.25, -0.2) is 0 Å². The lowest BCUT2D eigenvalue weighted by Crippen LogP contribution is -2.47. The van der Waals surface area contributed by atoms with Gasteiger partial charge in [0.25, 0.3) is 0 Å². The number of anilines is 3. The Morgan fingerprint density at radius 1 is 0.933 bits per heavy atom. The lowest BCUT2D eigenvalue weighted by Gasteiger charge is -2.34. The Bertz CT molecular complexity index is 945. The van der Waals surface area contributed by atoms with E-state index < -0.39 is 0 Å². The van der Waals surface area contributed by atoms with Crippen molar-refractivity contribution in [3.63, 3.8) is 0 Å². The van der Waals surface area contributed by atoms with Crippen LogP contribution in [-0.4, -0.2) is 69.3 Å². The van der Waals surface area contributed by atoms with Crippen LogP contribution in [0.3, 0.4) is 0 Å². The smallest absolute Gasteiger partial charge is 0.232 e. The van der Waals surface area contributed by atoms with Gasteiger partial charge in [-0.15, -0.1) is 0 Å². The molecule has 3 aromatic rings. The highest BCUT2D eigenvalue weighted by Gasteiger charge is 2.19. The van der Waals surface area contributed by atoms with Crippen LogP contribution in [0, 0.1) is 6.92 Å². The predicted octanol–water partition coefficient (Wildman–Crippen LogP) is 2.23. The van der Waals surface area contributed by atoms with Crippen molar-refractivity contribution in [3.8, 4) is 11.5 Å². The van der Waals surface area contributed by atoms with Crippen molar-refractivity contribution in [1.29, 1.82) is 0 Å². The second-order valence-electron chi connectivity index (χ2n) is 6.99. The first-order valence-corrected chi connectivity index (χ1v) is 9.95. The van der Waals surface area contributed by atoms with Crippen LogP contribution in [-0.2, 0) is 0 Å². The van der Waals surface area contributed by atoms with Crippen LogP contribution in [0.15, 0.2) is 48.8 Å². The van der Waals surface area contributed by atoms with E-state index in [0.717, 1.165) is 43.4 Å². The van der Waals surface area contributed by atoms with Crippen molar-refractivity contribution in [1.82, 2.24) is 24.8 Å². The fraction of sp³-hybridized carbons (Fsp3) is 0.333. The first-order chi connectivity index (χ1) is 14.7. The first-order valence-electron chi connectivity index (χ1n) is 9.95. The van der Waals surface area contributed by atoms with Crippen molar-refractivity contribution in [2.75, 3.05) is 49.5 Å². The van der Waals surface area contributed by atoms with Crippen LogP contribution in [0.1, 0.15) is 5.82 Å². The summed E-state index contributed by atoms with van der Waals surface area (Å²) in [4.78, 5) is 21.9. The molecule has 0 radical (unpaired) electrons. The molecule has 1 aromatic carbocycles. The number of β-amino-alcohol motifs (C(OH)–C–C–N with tert-alkyl or cyclic N) is 1. The van der Waals surface area contributed by atoms with Gasteiger partial charge in [-0.2, -0.15) is 15.0 Å². The Kier molecular flexibility index (Phi) is 6.31. The monoisotopic (exact) mass is 407 g/mol. The summed E-state index contributed by atoms with van der Waals surface area (Å²) < 4.78 is 5.79. The number of nitrogens with one attached hydrogen (secondary N) is 1. The molecule has 0 atom stereocenters. The van der Waals surface area contributed by atoms with Crippen molar-refractivity contribution in [2.24, 2.45) is 0 Å². The van der Waals surface area contributed by atoms with Gasteiger partial charge in [0.05, 0.1) is 6.61 Å². The largest absolute Gasteiger partial charge is 0.457 e.